The average Bonchev–Trinajstić information content (AvgIpc) is 2.99. The van der Waals surface area contributed by atoms with Gasteiger partial charge in [0.2, 0.25) is 5.95 Å². The highest BCUT2D eigenvalue weighted by molar-refractivity contribution is 5.90. The van der Waals surface area contributed by atoms with E-state index in [0.29, 0.717) is 18.4 Å². The summed E-state index contributed by atoms with van der Waals surface area (Å²) in [5.74, 6) is 1.39. The first-order valence-electron chi connectivity index (χ1n) is 8.58. The first-order chi connectivity index (χ1) is 12.0. The lowest BCUT2D eigenvalue weighted by atomic mass is 10.0. The van der Waals surface area contributed by atoms with Crippen LogP contribution in [0.4, 0.5) is 16.6 Å². The third-order valence-electron chi connectivity index (χ3n) is 4.49. The van der Waals surface area contributed by atoms with Crippen LogP contribution in [-0.4, -0.2) is 28.7 Å². The number of benzene rings is 1. The molecule has 1 saturated heterocycles. The second-order valence-corrected chi connectivity index (χ2v) is 6.74. The molecule has 25 heavy (non-hydrogen) atoms. The van der Waals surface area contributed by atoms with E-state index >= 15 is 0 Å². The molecule has 0 bridgehead atoms. The highest BCUT2D eigenvalue weighted by atomic mass is 16.6. The van der Waals surface area contributed by atoms with E-state index < -0.39 is 0 Å². The number of ether oxygens (including phenoxy) is 1. The van der Waals surface area contributed by atoms with Crippen molar-refractivity contribution < 1.29 is 9.53 Å². The van der Waals surface area contributed by atoms with Gasteiger partial charge in [-0.2, -0.15) is 4.98 Å². The van der Waals surface area contributed by atoms with Crippen molar-refractivity contribution in [2.45, 2.75) is 39.8 Å². The molecule has 6 heteroatoms. The SMILES string of the molecule is Cc1cnc(N[C@@H](C)c2ccccc2)nc1N1C(=O)OC[C@@H]1C(C)C. The summed E-state index contributed by atoms with van der Waals surface area (Å²) < 4.78 is 5.25. The number of carbonyl (C=O) groups is 1. The van der Waals surface area contributed by atoms with Gasteiger partial charge in [-0.3, -0.25) is 4.90 Å². The summed E-state index contributed by atoms with van der Waals surface area (Å²) in [5.41, 5.74) is 2.00. The monoisotopic (exact) mass is 340 g/mol. The van der Waals surface area contributed by atoms with Crippen LogP contribution < -0.4 is 10.2 Å². The molecular formula is C19H24N4O2. The lowest BCUT2D eigenvalue weighted by Gasteiger charge is -2.25. The van der Waals surface area contributed by atoms with E-state index in [4.69, 9.17) is 4.74 Å². The number of hydrogen-bond donors (Lipinski definition) is 1. The van der Waals surface area contributed by atoms with Gasteiger partial charge in [0.25, 0.3) is 0 Å². The van der Waals surface area contributed by atoms with Crippen LogP contribution in [-0.2, 0) is 4.74 Å². The zero-order valence-corrected chi connectivity index (χ0v) is 15.1. The van der Waals surface area contributed by atoms with E-state index in [1.807, 2.05) is 25.1 Å². The zero-order chi connectivity index (χ0) is 18.0. The largest absolute Gasteiger partial charge is 0.447 e. The van der Waals surface area contributed by atoms with Crippen LogP contribution in [0.3, 0.4) is 0 Å². The molecule has 0 spiro atoms. The summed E-state index contributed by atoms with van der Waals surface area (Å²) in [5, 5.41) is 3.31. The van der Waals surface area contributed by atoms with E-state index in [-0.39, 0.29) is 24.1 Å². The molecule has 1 aromatic carbocycles. The topological polar surface area (TPSA) is 67.4 Å². The molecule has 1 N–H and O–H groups in total. The smallest absolute Gasteiger partial charge is 0.415 e. The third-order valence-corrected chi connectivity index (χ3v) is 4.49. The quantitative estimate of drug-likeness (QED) is 0.893. The average molecular weight is 340 g/mol. The van der Waals surface area contributed by atoms with Gasteiger partial charge in [0.1, 0.15) is 12.4 Å². The van der Waals surface area contributed by atoms with Gasteiger partial charge in [-0.1, -0.05) is 44.2 Å². The standard InChI is InChI=1S/C19H24N4O2/c1-12(2)16-11-25-19(24)23(16)17-13(3)10-20-18(22-17)21-14(4)15-8-6-5-7-9-15/h5-10,12,14,16H,11H2,1-4H3,(H,20,21,22)/t14-,16+/m0/s1. The van der Waals surface area contributed by atoms with Crippen LogP contribution in [0.1, 0.15) is 37.9 Å². The molecule has 0 radical (unpaired) electrons. The Hall–Kier alpha value is -2.63. The Morgan fingerprint density at radius 2 is 1.96 bits per heavy atom. The minimum Gasteiger partial charge on any atom is -0.447 e. The van der Waals surface area contributed by atoms with E-state index in [2.05, 4.69) is 48.2 Å². The zero-order valence-electron chi connectivity index (χ0n) is 15.1. The molecule has 2 heterocycles. The van der Waals surface area contributed by atoms with Gasteiger partial charge < -0.3 is 10.1 Å². The van der Waals surface area contributed by atoms with Gasteiger partial charge in [0.15, 0.2) is 0 Å². The van der Waals surface area contributed by atoms with E-state index in [9.17, 15) is 4.79 Å². The number of cyclic esters (lactones) is 1. The third kappa shape index (κ3) is 3.57. The number of anilines is 2. The lowest BCUT2D eigenvalue weighted by molar-refractivity contribution is 0.177. The minimum absolute atomic E-state index is 0.0134. The number of aryl methyl sites for hydroxylation is 1. The molecule has 1 aliphatic rings. The molecule has 1 fully saturated rings. The molecule has 3 rings (SSSR count). The van der Waals surface area contributed by atoms with Crippen LogP contribution in [0.5, 0.6) is 0 Å². The Balaban J connectivity index is 1.87. The van der Waals surface area contributed by atoms with Gasteiger partial charge in [-0.15, -0.1) is 0 Å². The number of hydrogen-bond acceptors (Lipinski definition) is 5. The first kappa shape index (κ1) is 17.2. The van der Waals surface area contributed by atoms with Crippen LogP contribution in [0, 0.1) is 12.8 Å². The van der Waals surface area contributed by atoms with Crippen molar-refractivity contribution in [3.63, 3.8) is 0 Å². The maximum atomic E-state index is 12.2. The molecule has 1 aliphatic heterocycles. The Bertz CT molecular complexity index is 748. The van der Waals surface area contributed by atoms with Gasteiger partial charge >= 0.3 is 6.09 Å². The predicted octanol–water partition coefficient (Wildman–Crippen LogP) is 3.94. The maximum absolute atomic E-state index is 12.2. The maximum Gasteiger partial charge on any atom is 0.415 e. The van der Waals surface area contributed by atoms with E-state index in [1.165, 1.54) is 0 Å². The Morgan fingerprint density at radius 3 is 2.64 bits per heavy atom. The van der Waals surface area contributed by atoms with Gasteiger partial charge in [0.05, 0.1) is 12.1 Å². The van der Waals surface area contributed by atoms with Crippen LogP contribution in [0.25, 0.3) is 0 Å². The van der Waals surface area contributed by atoms with Crippen molar-refractivity contribution in [3.05, 3.63) is 47.7 Å². The molecule has 1 aromatic heterocycles. The fourth-order valence-corrected chi connectivity index (χ4v) is 2.94. The summed E-state index contributed by atoms with van der Waals surface area (Å²) in [7, 11) is 0. The number of amides is 1. The molecule has 1 amide bonds. The van der Waals surface area contributed by atoms with E-state index in [1.54, 1.807) is 11.1 Å². The number of nitrogens with zero attached hydrogens (tertiary/aromatic N) is 3. The fraction of sp³-hybridized carbons (Fsp3) is 0.421. The number of rotatable bonds is 5. The molecule has 2 aromatic rings. The molecular weight excluding hydrogens is 316 g/mol. The van der Waals surface area contributed by atoms with Gasteiger partial charge in [-0.05, 0) is 25.3 Å². The number of aromatic nitrogens is 2. The van der Waals surface area contributed by atoms with Crippen LogP contribution >= 0.6 is 0 Å². The van der Waals surface area contributed by atoms with Crippen molar-refractivity contribution in [1.29, 1.82) is 0 Å². The van der Waals surface area contributed by atoms with E-state index in [0.717, 1.165) is 11.1 Å². The second kappa shape index (κ2) is 7.09. The summed E-state index contributed by atoms with van der Waals surface area (Å²) in [6, 6.07) is 10.1. The highest BCUT2D eigenvalue weighted by Crippen LogP contribution is 2.29. The lowest BCUT2D eigenvalue weighted by Crippen LogP contribution is -2.38. The number of carbonyl (C=O) groups excluding carboxylic acids is 1. The van der Waals surface area contributed by atoms with Gasteiger partial charge in [-0.25, -0.2) is 9.78 Å². The number of nitrogens with one attached hydrogen (secondary N) is 1. The summed E-state index contributed by atoms with van der Waals surface area (Å²) in [6.07, 6.45) is 1.40. The van der Waals surface area contributed by atoms with Crippen LogP contribution in [0.2, 0.25) is 0 Å². The van der Waals surface area contributed by atoms with Crippen molar-refractivity contribution in [3.8, 4) is 0 Å². The van der Waals surface area contributed by atoms with Crippen molar-refractivity contribution in [1.82, 2.24) is 9.97 Å². The highest BCUT2D eigenvalue weighted by Gasteiger charge is 2.38. The summed E-state index contributed by atoms with van der Waals surface area (Å²) >= 11 is 0. The molecule has 0 unspecified atom stereocenters. The van der Waals surface area contributed by atoms with Crippen molar-refractivity contribution in [2.24, 2.45) is 5.92 Å². The Kier molecular flexibility index (Phi) is 4.88. The van der Waals surface area contributed by atoms with Crippen molar-refractivity contribution in [2.75, 3.05) is 16.8 Å². The van der Waals surface area contributed by atoms with Crippen LogP contribution in [0.15, 0.2) is 36.5 Å². The first-order valence-corrected chi connectivity index (χ1v) is 8.58. The minimum atomic E-state index is -0.345. The molecule has 6 nitrogen and oxygen atoms in total. The van der Waals surface area contributed by atoms with Crippen molar-refractivity contribution >= 4 is 17.9 Å². The fourth-order valence-electron chi connectivity index (χ4n) is 2.94. The predicted molar refractivity (Wildman–Crippen MR) is 97.7 cm³/mol. The molecule has 2 atom stereocenters. The molecule has 132 valence electrons. The molecule has 0 aliphatic carbocycles. The Morgan fingerprint density at radius 1 is 1.24 bits per heavy atom. The normalized spacial score (nSPS) is 18.4. The van der Waals surface area contributed by atoms with Gasteiger partial charge in [0, 0.05) is 11.8 Å². The Labute approximate surface area is 148 Å². The molecule has 0 saturated carbocycles. The summed E-state index contributed by atoms with van der Waals surface area (Å²) in [6.45, 7) is 8.50. The second-order valence-electron chi connectivity index (χ2n) is 6.74. The summed E-state index contributed by atoms with van der Waals surface area (Å²) in [4.78, 5) is 22.8.